The highest BCUT2D eigenvalue weighted by Crippen LogP contribution is 2.49. The predicted octanol–water partition coefficient (Wildman–Crippen LogP) is 9.55. The van der Waals surface area contributed by atoms with Crippen molar-refractivity contribution < 1.29 is 68.6 Å². The molecular formula is C47H56F6N7O9P. The highest BCUT2D eigenvalue weighted by atomic mass is 31.2. The maximum Gasteiger partial charge on any atom is 0.402 e. The van der Waals surface area contributed by atoms with Crippen LogP contribution in [0.5, 0.6) is 11.5 Å². The molecule has 0 aliphatic heterocycles. The van der Waals surface area contributed by atoms with Crippen molar-refractivity contribution in [2.24, 2.45) is 5.92 Å². The molecule has 0 fully saturated rings. The summed E-state index contributed by atoms with van der Waals surface area (Å²) < 4.78 is 133. The Morgan fingerprint density at radius 3 is 1.89 bits per heavy atom. The third kappa shape index (κ3) is 14.5. The van der Waals surface area contributed by atoms with Crippen LogP contribution in [0.15, 0.2) is 91.5 Å². The zero-order valence-corrected chi connectivity index (χ0v) is 40.5. The van der Waals surface area contributed by atoms with Crippen LogP contribution in [0, 0.1) is 17.2 Å². The molecule has 16 nitrogen and oxygen atoms in total. The van der Waals surface area contributed by atoms with Gasteiger partial charge in [0.15, 0.2) is 22.9 Å². The zero-order valence-electron chi connectivity index (χ0n) is 39.6. The number of rotatable bonds is 27. The molecule has 0 spiro atoms. The highest BCUT2D eigenvalue weighted by Gasteiger charge is 2.56. The van der Waals surface area contributed by atoms with E-state index in [0.29, 0.717) is 28.2 Å². The van der Waals surface area contributed by atoms with E-state index >= 15 is 0 Å². The smallest absolute Gasteiger partial charge is 0.402 e. The molecule has 0 aliphatic carbocycles. The average Bonchev–Trinajstić information content (AvgIpc) is 3.74. The Balaban J connectivity index is 1.66. The number of aromatic nitrogens is 4. The number of anilines is 1. The molecule has 0 aliphatic rings. The highest BCUT2D eigenvalue weighted by molar-refractivity contribution is 7.44. The topological polar surface area (TPSA) is 174 Å². The number of fused-ring (bicyclic) bond motifs is 1. The van der Waals surface area contributed by atoms with E-state index in [1.807, 2.05) is 93.0 Å². The largest absolute Gasteiger partial charge is 0.497 e. The van der Waals surface area contributed by atoms with Crippen molar-refractivity contribution in [3.8, 4) is 17.6 Å². The standard InChI is InChI=1S/C47H56F6N7O9P/c1-31(2)60(32(3)4)70(68-23-11-22-54)69-40(24-64-30-65-26-41(46(48,49)50)47(51,52)53)39(66-29-59-28-57-42-43(58-33(5)61)55-27-56-44(42)59)25-67-45(34-12-9-8-10-13-34,35-14-18-37(62-6)19-15-35)36-16-20-38(63-7)21-17-36/h8-10,12-21,27-28,31-32,39-41H,11,23-26,29-30H2,1-7H3,(H,55,56,58,61)/t39-,40?,70?/m1/s1. The lowest BCUT2D eigenvalue weighted by molar-refractivity contribution is -0.298. The summed E-state index contributed by atoms with van der Waals surface area (Å²) in [5.74, 6) is -2.91. The first-order valence-electron chi connectivity index (χ1n) is 21.9. The number of amides is 1. The van der Waals surface area contributed by atoms with Gasteiger partial charge >= 0.3 is 12.4 Å². The van der Waals surface area contributed by atoms with Crippen molar-refractivity contribution in [1.29, 1.82) is 5.26 Å². The van der Waals surface area contributed by atoms with Gasteiger partial charge in [-0.25, -0.2) is 19.6 Å². The van der Waals surface area contributed by atoms with E-state index in [0.717, 1.165) is 0 Å². The van der Waals surface area contributed by atoms with Gasteiger partial charge in [-0.3, -0.25) is 9.36 Å². The Bertz CT molecular complexity index is 2360. The van der Waals surface area contributed by atoms with Crippen molar-refractivity contribution in [3.63, 3.8) is 0 Å². The number of nitriles is 1. The Labute approximate surface area is 403 Å². The van der Waals surface area contributed by atoms with Gasteiger partial charge in [-0.05, 0) is 68.7 Å². The Hall–Kier alpha value is -5.50. The number of alkyl halides is 6. The molecule has 0 saturated heterocycles. The molecule has 5 aromatic rings. The number of carbonyl (C=O) groups excluding carboxylic acids is 1. The van der Waals surface area contributed by atoms with Crippen LogP contribution >= 0.6 is 8.53 Å². The zero-order chi connectivity index (χ0) is 51.1. The molecule has 1 N–H and O–H groups in total. The van der Waals surface area contributed by atoms with Crippen molar-refractivity contribution in [3.05, 3.63) is 108 Å². The lowest BCUT2D eigenvalue weighted by Gasteiger charge is -2.40. The third-order valence-electron chi connectivity index (χ3n) is 10.6. The van der Waals surface area contributed by atoms with Gasteiger partial charge in [-0.15, -0.1) is 0 Å². The number of imidazole rings is 1. The summed E-state index contributed by atoms with van der Waals surface area (Å²) in [5.41, 5.74) is 1.02. The molecule has 3 aromatic carbocycles. The van der Waals surface area contributed by atoms with Crippen LogP contribution in [0.3, 0.4) is 0 Å². The fraction of sp³-hybridized carbons (Fsp3) is 0.468. The van der Waals surface area contributed by atoms with Crippen LogP contribution in [0.25, 0.3) is 11.2 Å². The van der Waals surface area contributed by atoms with E-state index in [1.165, 1.54) is 38.4 Å². The second-order valence-corrected chi connectivity index (χ2v) is 17.5. The van der Waals surface area contributed by atoms with Gasteiger partial charge in [0.05, 0.1) is 59.5 Å². The molecule has 2 unspecified atom stereocenters. The molecule has 5 rings (SSSR count). The minimum absolute atomic E-state index is 0.0107. The van der Waals surface area contributed by atoms with Gasteiger partial charge in [0.1, 0.15) is 49.2 Å². The summed E-state index contributed by atoms with van der Waals surface area (Å²) in [6, 6.07) is 25.4. The van der Waals surface area contributed by atoms with E-state index in [4.69, 9.17) is 37.5 Å². The van der Waals surface area contributed by atoms with Crippen molar-refractivity contribution in [1.82, 2.24) is 24.2 Å². The summed E-state index contributed by atoms with van der Waals surface area (Å²) in [7, 11) is 0.962. The van der Waals surface area contributed by atoms with Gasteiger partial charge in [0, 0.05) is 19.0 Å². The first-order valence-corrected chi connectivity index (χ1v) is 23.0. The maximum absolute atomic E-state index is 13.5. The Morgan fingerprint density at radius 1 is 0.786 bits per heavy atom. The minimum atomic E-state index is -5.64. The van der Waals surface area contributed by atoms with Crippen LogP contribution < -0.4 is 14.8 Å². The summed E-state index contributed by atoms with van der Waals surface area (Å²) in [6.07, 6.45) is -11.2. The van der Waals surface area contributed by atoms with Gasteiger partial charge in [-0.2, -0.15) is 31.6 Å². The van der Waals surface area contributed by atoms with Crippen LogP contribution in [0.1, 0.15) is 57.7 Å². The fourth-order valence-electron chi connectivity index (χ4n) is 7.33. The maximum atomic E-state index is 13.5. The van der Waals surface area contributed by atoms with Gasteiger partial charge in [0.2, 0.25) is 5.91 Å². The molecule has 2 aromatic heterocycles. The molecule has 23 heteroatoms. The van der Waals surface area contributed by atoms with E-state index in [1.54, 1.807) is 24.3 Å². The van der Waals surface area contributed by atoms with Crippen LogP contribution in [-0.2, 0) is 45.1 Å². The number of nitrogens with zero attached hydrogens (tertiary/aromatic N) is 6. The quantitative estimate of drug-likeness (QED) is 0.0173. The van der Waals surface area contributed by atoms with Crippen molar-refractivity contribution >= 4 is 31.4 Å². The van der Waals surface area contributed by atoms with Crippen LogP contribution in [0.2, 0.25) is 0 Å². The molecule has 0 radical (unpaired) electrons. The number of hydrogen-bond donors (Lipinski definition) is 1. The van der Waals surface area contributed by atoms with Crippen LogP contribution in [-0.4, -0.2) is 114 Å². The average molecular weight is 1010 g/mol. The van der Waals surface area contributed by atoms with Gasteiger partial charge in [0.25, 0.3) is 8.53 Å². The number of ether oxygens (including phenoxy) is 6. The van der Waals surface area contributed by atoms with Crippen molar-refractivity contribution in [2.45, 2.75) is 90.0 Å². The first kappa shape index (κ1) is 55.4. The van der Waals surface area contributed by atoms with E-state index < -0.39 is 70.5 Å². The second-order valence-electron chi connectivity index (χ2n) is 16.1. The Morgan fingerprint density at radius 2 is 1.36 bits per heavy atom. The lowest BCUT2D eigenvalue weighted by Crippen LogP contribution is -2.44. The number of hydrogen-bond acceptors (Lipinski definition) is 14. The van der Waals surface area contributed by atoms with Crippen LogP contribution in [0.4, 0.5) is 32.2 Å². The summed E-state index contributed by atoms with van der Waals surface area (Å²) >= 11 is 0. The summed E-state index contributed by atoms with van der Waals surface area (Å²) in [6.45, 7) is 4.87. The lowest BCUT2D eigenvalue weighted by atomic mass is 9.80. The molecule has 70 heavy (non-hydrogen) atoms. The van der Waals surface area contributed by atoms with Gasteiger partial charge in [-0.1, -0.05) is 54.6 Å². The molecule has 1 amide bonds. The molecule has 0 bridgehead atoms. The summed E-state index contributed by atoms with van der Waals surface area (Å²) in [5, 5.41) is 12.1. The normalized spacial score (nSPS) is 13.8. The van der Waals surface area contributed by atoms with E-state index in [9.17, 15) is 36.4 Å². The fourth-order valence-corrected chi connectivity index (χ4v) is 9.07. The van der Waals surface area contributed by atoms with Gasteiger partial charge < -0.3 is 42.8 Å². The Kier molecular flexibility index (Phi) is 20.2. The SMILES string of the molecule is COc1ccc(C(OC[C@@H](OCn2cnc3c(NC(C)=O)ncnc32)C(COCOCC(C(F)(F)F)C(F)(F)F)OP(OCCC#N)N(C(C)C)C(C)C)(c2ccccc2)c2ccc(OC)cc2)cc1. The molecule has 2 heterocycles. The van der Waals surface area contributed by atoms with E-state index in [2.05, 4.69) is 20.3 Å². The minimum Gasteiger partial charge on any atom is -0.497 e. The molecule has 3 atom stereocenters. The monoisotopic (exact) mass is 1010 g/mol. The first-order chi connectivity index (χ1) is 33.3. The van der Waals surface area contributed by atoms with E-state index in [-0.39, 0.29) is 55.4 Å². The number of halogens is 6. The molecule has 0 saturated carbocycles. The predicted molar refractivity (Wildman–Crippen MR) is 245 cm³/mol. The summed E-state index contributed by atoms with van der Waals surface area (Å²) in [4.78, 5) is 24.9. The number of carbonyl (C=O) groups is 1. The molecular weight excluding hydrogens is 952 g/mol. The molecule has 380 valence electrons. The van der Waals surface area contributed by atoms with Crippen molar-refractivity contribution in [2.75, 3.05) is 52.8 Å². The third-order valence-corrected chi connectivity index (χ3v) is 12.7. The second kappa shape index (κ2) is 25.6. The number of benzene rings is 3. The number of methoxy groups -OCH3 is 2. The number of nitrogens with one attached hydrogen (secondary N) is 1.